The normalized spacial score (nSPS) is 14.9. The van der Waals surface area contributed by atoms with Gasteiger partial charge in [-0.2, -0.15) is 0 Å². The Kier molecular flexibility index (Phi) is 9.62. The molecular weight excluding hydrogens is 438 g/mol. The number of nitrogens with zero attached hydrogens (tertiary/aromatic N) is 1. The second kappa shape index (κ2) is 12.7. The SMILES string of the molecule is CCCCCCCCOc1ccc(/C=C2\SC(=S)N(c3ccccc3OCC)C2=O)cc1. The van der Waals surface area contributed by atoms with Crippen molar-refractivity contribution in [1.29, 1.82) is 0 Å². The number of para-hydroxylation sites is 2. The summed E-state index contributed by atoms with van der Waals surface area (Å²) in [6.07, 6.45) is 9.36. The summed E-state index contributed by atoms with van der Waals surface area (Å²) >= 11 is 6.81. The summed E-state index contributed by atoms with van der Waals surface area (Å²) < 4.78 is 12.0. The molecule has 32 heavy (non-hydrogen) atoms. The Morgan fingerprint density at radius 3 is 2.41 bits per heavy atom. The minimum atomic E-state index is -0.129. The first-order valence-corrected chi connectivity index (χ1v) is 12.6. The summed E-state index contributed by atoms with van der Waals surface area (Å²) in [6.45, 7) is 5.41. The van der Waals surface area contributed by atoms with Gasteiger partial charge in [0.2, 0.25) is 0 Å². The van der Waals surface area contributed by atoms with Crippen LogP contribution in [-0.4, -0.2) is 23.4 Å². The number of unbranched alkanes of at least 4 members (excludes halogenated alkanes) is 5. The highest BCUT2D eigenvalue weighted by Crippen LogP contribution is 2.39. The molecule has 0 N–H and O–H groups in total. The second-order valence-corrected chi connectivity index (χ2v) is 9.28. The molecule has 0 aromatic heterocycles. The molecule has 0 spiro atoms. The first-order chi connectivity index (χ1) is 15.6. The average molecular weight is 470 g/mol. The minimum Gasteiger partial charge on any atom is -0.494 e. The average Bonchev–Trinajstić information content (AvgIpc) is 3.07. The molecule has 1 amide bonds. The van der Waals surface area contributed by atoms with Crippen LogP contribution in [0, 0.1) is 0 Å². The van der Waals surface area contributed by atoms with E-state index in [4.69, 9.17) is 21.7 Å². The van der Waals surface area contributed by atoms with Crippen molar-refractivity contribution in [2.75, 3.05) is 18.1 Å². The molecule has 2 aromatic rings. The molecule has 170 valence electrons. The first-order valence-electron chi connectivity index (χ1n) is 11.4. The van der Waals surface area contributed by atoms with Crippen molar-refractivity contribution < 1.29 is 14.3 Å². The molecule has 6 heteroatoms. The highest BCUT2D eigenvalue weighted by Gasteiger charge is 2.34. The Morgan fingerprint density at radius 2 is 1.66 bits per heavy atom. The maximum atomic E-state index is 13.1. The fourth-order valence-electron chi connectivity index (χ4n) is 3.48. The molecule has 3 rings (SSSR count). The highest BCUT2D eigenvalue weighted by molar-refractivity contribution is 8.27. The molecule has 2 aromatic carbocycles. The van der Waals surface area contributed by atoms with Gasteiger partial charge in [-0.15, -0.1) is 0 Å². The van der Waals surface area contributed by atoms with E-state index in [1.54, 1.807) is 4.90 Å². The molecule has 1 fully saturated rings. The van der Waals surface area contributed by atoms with Gasteiger partial charge < -0.3 is 9.47 Å². The molecular formula is C26H31NO3S2. The van der Waals surface area contributed by atoms with E-state index in [0.717, 1.165) is 24.3 Å². The van der Waals surface area contributed by atoms with Gasteiger partial charge in [0, 0.05) is 0 Å². The van der Waals surface area contributed by atoms with E-state index in [1.807, 2.05) is 61.5 Å². The lowest BCUT2D eigenvalue weighted by Gasteiger charge is -2.18. The first kappa shape index (κ1) is 24.3. The van der Waals surface area contributed by atoms with Gasteiger partial charge in [0.15, 0.2) is 4.32 Å². The summed E-state index contributed by atoms with van der Waals surface area (Å²) in [5.41, 5.74) is 1.62. The second-order valence-electron chi connectivity index (χ2n) is 7.60. The Hall–Kier alpha value is -2.31. The van der Waals surface area contributed by atoms with Crippen molar-refractivity contribution in [3.63, 3.8) is 0 Å². The number of rotatable bonds is 12. The number of thiocarbonyl (C=S) groups is 1. The Bertz CT molecular complexity index is 940. The van der Waals surface area contributed by atoms with Crippen LogP contribution < -0.4 is 14.4 Å². The van der Waals surface area contributed by atoms with Gasteiger partial charge in [-0.3, -0.25) is 9.69 Å². The zero-order valence-electron chi connectivity index (χ0n) is 18.8. The number of carbonyl (C=O) groups is 1. The maximum absolute atomic E-state index is 13.1. The molecule has 4 nitrogen and oxygen atoms in total. The van der Waals surface area contributed by atoms with E-state index in [2.05, 4.69) is 6.92 Å². The van der Waals surface area contributed by atoms with Gasteiger partial charge in [0.05, 0.1) is 23.8 Å². The van der Waals surface area contributed by atoms with Crippen LogP contribution in [0.3, 0.4) is 0 Å². The van der Waals surface area contributed by atoms with E-state index in [0.29, 0.717) is 27.3 Å². The van der Waals surface area contributed by atoms with Crippen molar-refractivity contribution in [2.24, 2.45) is 0 Å². The minimum absolute atomic E-state index is 0.129. The molecule has 0 unspecified atom stereocenters. The number of carbonyl (C=O) groups excluding carboxylic acids is 1. The lowest BCUT2D eigenvalue weighted by atomic mass is 10.1. The molecule has 0 bridgehead atoms. The summed E-state index contributed by atoms with van der Waals surface area (Å²) in [5.74, 6) is 1.38. The Labute approximate surface area is 201 Å². The van der Waals surface area contributed by atoms with Gasteiger partial charge in [-0.25, -0.2) is 0 Å². The van der Waals surface area contributed by atoms with Crippen LogP contribution in [-0.2, 0) is 4.79 Å². The van der Waals surface area contributed by atoms with Crippen molar-refractivity contribution in [1.82, 2.24) is 0 Å². The van der Waals surface area contributed by atoms with Crippen LogP contribution in [0.25, 0.3) is 6.08 Å². The fourth-order valence-corrected chi connectivity index (χ4v) is 4.76. The molecule has 0 aliphatic carbocycles. The predicted octanol–water partition coefficient (Wildman–Crippen LogP) is 7.23. The Balaban J connectivity index is 1.59. The maximum Gasteiger partial charge on any atom is 0.270 e. The van der Waals surface area contributed by atoms with E-state index in [9.17, 15) is 4.79 Å². The van der Waals surface area contributed by atoms with Crippen LogP contribution in [0.2, 0.25) is 0 Å². The lowest BCUT2D eigenvalue weighted by Crippen LogP contribution is -2.28. The largest absolute Gasteiger partial charge is 0.494 e. The van der Waals surface area contributed by atoms with Crippen molar-refractivity contribution in [3.05, 3.63) is 59.0 Å². The van der Waals surface area contributed by atoms with Crippen molar-refractivity contribution >= 4 is 46.0 Å². The third kappa shape index (κ3) is 6.59. The van der Waals surface area contributed by atoms with E-state index >= 15 is 0 Å². The zero-order chi connectivity index (χ0) is 22.8. The number of hydrogen-bond acceptors (Lipinski definition) is 5. The van der Waals surface area contributed by atoms with E-state index < -0.39 is 0 Å². The number of anilines is 1. The fraction of sp³-hybridized carbons (Fsp3) is 0.385. The summed E-state index contributed by atoms with van der Waals surface area (Å²) in [6, 6.07) is 15.3. The topological polar surface area (TPSA) is 38.8 Å². The van der Waals surface area contributed by atoms with Crippen LogP contribution in [0.15, 0.2) is 53.4 Å². The van der Waals surface area contributed by atoms with Crippen molar-refractivity contribution in [3.8, 4) is 11.5 Å². The summed E-state index contributed by atoms with van der Waals surface area (Å²) in [4.78, 5) is 15.2. The van der Waals surface area contributed by atoms with Crippen LogP contribution in [0.4, 0.5) is 5.69 Å². The molecule has 0 radical (unpaired) electrons. The van der Waals surface area contributed by atoms with Crippen LogP contribution >= 0.6 is 24.0 Å². The van der Waals surface area contributed by atoms with E-state index in [1.165, 1.54) is 43.9 Å². The number of ether oxygens (including phenoxy) is 2. The quantitative estimate of drug-likeness (QED) is 0.186. The number of thioether (sulfide) groups is 1. The molecule has 1 aliphatic rings. The number of benzene rings is 2. The molecule has 1 aliphatic heterocycles. The molecule has 0 atom stereocenters. The van der Waals surface area contributed by atoms with Gasteiger partial charge in [0.25, 0.3) is 5.91 Å². The lowest BCUT2D eigenvalue weighted by molar-refractivity contribution is -0.113. The van der Waals surface area contributed by atoms with Gasteiger partial charge >= 0.3 is 0 Å². The molecule has 1 heterocycles. The molecule has 1 saturated heterocycles. The zero-order valence-corrected chi connectivity index (χ0v) is 20.5. The smallest absolute Gasteiger partial charge is 0.270 e. The molecule has 0 saturated carbocycles. The third-order valence-corrected chi connectivity index (χ3v) is 6.45. The van der Waals surface area contributed by atoms with E-state index in [-0.39, 0.29) is 5.91 Å². The highest BCUT2D eigenvalue weighted by atomic mass is 32.2. The number of amides is 1. The van der Waals surface area contributed by atoms with Crippen LogP contribution in [0.5, 0.6) is 11.5 Å². The Morgan fingerprint density at radius 1 is 0.938 bits per heavy atom. The standard InChI is InChI=1S/C26H31NO3S2/c1-3-5-6-7-8-11-18-30-21-16-14-20(15-17-21)19-24-25(28)27(26(31)32-24)22-12-9-10-13-23(22)29-4-2/h9-10,12-17,19H,3-8,11,18H2,1-2H3/b24-19-. The predicted molar refractivity (Wildman–Crippen MR) is 139 cm³/mol. The monoisotopic (exact) mass is 469 g/mol. The summed E-state index contributed by atoms with van der Waals surface area (Å²) in [5, 5.41) is 0. The van der Waals surface area contributed by atoms with Gasteiger partial charge in [-0.1, -0.05) is 87.3 Å². The van der Waals surface area contributed by atoms with Crippen molar-refractivity contribution in [2.45, 2.75) is 52.4 Å². The summed E-state index contributed by atoms with van der Waals surface area (Å²) in [7, 11) is 0. The number of hydrogen-bond donors (Lipinski definition) is 0. The van der Waals surface area contributed by atoms with Crippen LogP contribution in [0.1, 0.15) is 57.9 Å². The third-order valence-electron chi connectivity index (χ3n) is 5.14. The van der Waals surface area contributed by atoms with Gasteiger partial charge in [-0.05, 0) is 49.2 Å². The van der Waals surface area contributed by atoms with Gasteiger partial charge in [0.1, 0.15) is 11.5 Å².